The molecule has 4 nitrogen and oxygen atoms in total. The van der Waals surface area contributed by atoms with Crippen molar-refractivity contribution < 1.29 is 9.53 Å². The second kappa shape index (κ2) is 7.74. The Hall–Kier alpha value is -0.610. The van der Waals surface area contributed by atoms with Crippen LogP contribution in [0.2, 0.25) is 0 Å². The summed E-state index contributed by atoms with van der Waals surface area (Å²) in [5.74, 6) is 0.650. The first-order chi connectivity index (χ1) is 8.50. The van der Waals surface area contributed by atoms with Crippen LogP contribution in [0.25, 0.3) is 0 Å². The maximum atomic E-state index is 12.0. The van der Waals surface area contributed by atoms with Gasteiger partial charge in [0.15, 0.2) is 0 Å². The van der Waals surface area contributed by atoms with Crippen molar-refractivity contribution in [1.82, 2.24) is 5.32 Å². The molecule has 1 aliphatic rings. The molecule has 0 bridgehead atoms. The van der Waals surface area contributed by atoms with E-state index in [9.17, 15) is 4.79 Å². The van der Waals surface area contributed by atoms with Crippen molar-refractivity contribution >= 4 is 5.91 Å². The third-order valence-corrected chi connectivity index (χ3v) is 3.73. The predicted molar refractivity (Wildman–Crippen MR) is 73.2 cm³/mol. The number of ether oxygens (including phenoxy) is 1. The number of rotatable bonds is 6. The third-order valence-electron chi connectivity index (χ3n) is 3.73. The van der Waals surface area contributed by atoms with Crippen LogP contribution >= 0.6 is 0 Å². The third kappa shape index (κ3) is 5.36. The van der Waals surface area contributed by atoms with E-state index in [2.05, 4.69) is 5.32 Å². The lowest BCUT2D eigenvalue weighted by molar-refractivity contribution is -0.126. The quantitative estimate of drug-likeness (QED) is 0.711. The van der Waals surface area contributed by atoms with E-state index in [1.54, 1.807) is 0 Å². The Morgan fingerprint density at radius 3 is 2.72 bits per heavy atom. The molecule has 1 fully saturated rings. The molecule has 1 saturated carbocycles. The van der Waals surface area contributed by atoms with Crippen molar-refractivity contribution in [3.8, 4) is 0 Å². The average molecular weight is 256 g/mol. The standard InChI is InChI=1S/C14H28N2O2/c1-10(2)18-8-7-16-14(17)11(3)12-5-4-6-13(15)9-12/h10-13H,4-9,15H2,1-3H3,(H,16,17). The van der Waals surface area contributed by atoms with Crippen LogP contribution in [0.15, 0.2) is 0 Å². The fourth-order valence-corrected chi connectivity index (χ4v) is 2.56. The summed E-state index contributed by atoms with van der Waals surface area (Å²) in [6, 6.07) is 0.281. The summed E-state index contributed by atoms with van der Waals surface area (Å²) in [6.45, 7) is 7.18. The second-order valence-corrected chi connectivity index (χ2v) is 5.69. The zero-order valence-corrected chi connectivity index (χ0v) is 11.9. The fraction of sp³-hybridized carbons (Fsp3) is 0.929. The predicted octanol–water partition coefficient (Wildman–Crippen LogP) is 1.68. The number of nitrogens with one attached hydrogen (secondary N) is 1. The number of carbonyl (C=O) groups excluding carboxylic acids is 1. The van der Waals surface area contributed by atoms with Crippen LogP contribution in [-0.2, 0) is 9.53 Å². The van der Waals surface area contributed by atoms with Crippen LogP contribution in [0.1, 0.15) is 46.5 Å². The highest BCUT2D eigenvalue weighted by Gasteiger charge is 2.28. The van der Waals surface area contributed by atoms with Gasteiger partial charge in [-0.25, -0.2) is 0 Å². The minimum atomic E-state index is 0.0652. The Morgan fingerprint density at radius 1 is 1.39 bits per heavy atom. The summed E-state index contributed by atoms with van der Waals surface area (Å²) < 4.78 is 5.40. The molecule has 0 saturated heterocycles. The van der Waals surface area contributed by atoms with Crippen molar-refractivity contribution in [1.29, 1.82) is 0 Å². The summed E-state index contributed by atoms with van der Waals surface area (Å²) in [6.07, 6.45) is 4.59. The number of carbonyl (C=O) groups is 1. The molecule has 106 valence electrons. The van der Waals surface area contributed by atoms with Crippen molar-refractivity contribution in [3.63, 3.8) is 0 Å². The summed E-state index contributed by atoms with van der Waals surface area (Å²) in [4.78, 5) is 12.0. The highest BCUT2D eigenvalue weighted by atomic mass is 16.5. The zero-order valence-electron chi connectivity index (χ0n) is 11.9. The summed E-state index contributed by atoms with van der Waals surface area (Å²) in [5, 5.41) is 2.95. The van der Waals surface area contributed by atoms with Crippen molar-refractivity contribution in [2.45, 2.75) is 58.6 Å². The molecule has 1 amide bonds. The van der Waals surface area contributed by atoms with Crippen LogP contribution in [0, 0.1) is 11.8 Å². The van der Waals surface area contributed by atoms with Gasteiger partial charge in [-0.3, -0.25) is 4.79 Å². The van der Waals surface area contributed by atoms with E-state index >= 15 is 0 Å². The Balaban J connectivity index is 2.23. The lowest BCUT2D eigenvalue weighted by Gasteiger charge is -2.30. The Bertz CT molecular complexity index is 256. The first-order valence-electron chi connectivity index (χ1n) is 7.15. The van der Waals surface area contributed by atoms with Crippen LogP contribution < -0.4 is 11.1 Å². The highest BCUT2D eigenvalue weighted by molar-refractivity contribution is 5.78. The Labute approximate surface area is 111 Å². The maximum absolute atomic E-state index is 12.0. The SMILES string of the molecule is CC(C)OCCNC(=O)C(C)C1CCCC(N)C1. The molecule has 0 aromatic rings. The molecule has 0 aromatic heterocycles. The van der Waals surface area contributed by atoms with Crippen molar-refractivity contribution in [2.75, 3.05) is 13.2 Å². The molecule has 3 unspecified atom stereocenters. The van der Waals surface area contributed by atoms with Gasteiger partial charge in [0.05, 0.1) is 12.7 Å². The maximum Gasteiger partial charge on any atom is 0.223 e. The number of amides is 1. The van der Waals surface area contributed by atoms with Gasteiger partial charge in [-0.2, -0.15) is 0 Å². The highest BCUT2D eigenvalue weighted by Crippen LogP contribution is 2.29. The van der Waals surface area contributed by atoms with Gasteiger partial charge in [0.25, 0.3) is 0 Å². The van der Waals surface area contributed by atoms with Crippen LogP contribution in [0.5, 0.6) is 0 Å². The van der Waals surface area contributed by atoms with Crippen LogP contribution in [0.4, 0.5) is 0 Å². The van der Waals surface area contributed by atoms with Gasteiger partial charge in [-0.15, -0.1) is 0 Å². The average Bonchev–Trinajstić information content (AvgIpc) is 2.33. The van der Waals surface area contributed by atoms with E-state index in [1.807, 2.05) is 20.8 Å². The molecule has 0 aromatic carbocycles. The van der Waals surface area contributed by atoms with Gasteiger partial charge in [0.2, 0.25) is 5.91 Å². The molecule has 4 heteroatoms. The molecule has 0 heterocycles. The first-order valence-corrected chi connectivity index (χ1v) is 7.15. The lowest BCUT2D eigenvalue weighted by Crippen LogP contribution is -2.39. The number of hydrogen-bond donors (Lipinski definition) is 2. The largest absolute Gasteiger partial charge is 0.377 e. The molecular formula is C14H28N2O2. The molecular weight excluding hydrogens is 228 g/mol. The van der Waals surface area contributed by atoms with Gasteiger partial charge >= 0.3 is 0 Å². The molecule has 1 aliphatic carbocycles. The van der Waals surface area contributed by atoms with Crippen molar-refractivity contribution in [2.24, 2.45) is 17.6 Å². The van der Waals surface area contributed by atoms with Gasteiger partial charge in [-0.1, -0.05) is 13.3 Å². The topological polar surface area (TPSA) is 64.3 Å². The molecule has 3 N–H and O–H groups in total. The Kier molecular flexibility index (Phi) is 6.65. The van der Waals surface area contributed by atoms with Crippen molar-refractivity contribution in [3.05, 3.63) is 0 Å². The molecule has 18 heavy (non-hydrogen) atoms. The second-order valence-electron chi connectivity index (χ2n) is 5.69. The fourth-order valence-electron chi connectivity index (χ4n) is 2.56. The number of nitrogens with two attached hydrogens (primary N) is 1. The van der Waals surface area contributed by atoms with Crippen LogP contribution in [-0.4, -0.2) is 31.2 Å². The van der Waals surface area contributed by atoms with Gasteiger partial charge < -0.3 is 15.8 Å². The van der Waals surface area contributed by atoms with E-state index in [0.717, 1.165) is 25.7 Å². The molecule has 3 atom stereocenters. The summed E-state index contributed by atoms with van der Waals surface area (Å²) in [7, 11) is 0. The van der Waals surface area contributed by atoms with Gasteiger partial charge in [-0.05, 0) is 39.0 Å². The summed E-state index contributed by atoms with van der Waals surface area (Å²) in [5.41, 5.74) is 5.97. The summed E-state index contributed by atoms with van der Waals surface area (Å²) >= 11 is 0. The van der Waals surface area contributed by atoms with Gasteiger partial charge in [0.1, 0.15) is 0 Å². The Morgan fingerprint density at radius 2 is 2.11 bits per heavy atom. The molecule has 0 spiro atoms. The first kappa shape index (κ1) is 15.4. The minimum absolute atomic E-state index is 0.0652. The van der Waals surface area contributed by atoms with E-state index in [0.29, 0.717) is 19.1 Å². The zero-order chi connectivity index (χ0) is 13.5. The van der Waals surface area contributed by atoms with E-state index in [1.165, 1.54) is 0 Å². The molecule has 1 rings (SSSR count). The molecule has 0 radical (unpaired) electrons. The number of hydrogen-bond acceptors (Lipinski definition) is 3. The molecule has 0 aliphatic heterocycles. The minimum Gasteiger partial charge on any atom is -0.377 e. The monoisotopic (exact) mass is 256 g/mol. The van der Waals surface area contributed by atoms with E-state index < -0.39 is 0 Å². The van der Waals surface area contributed by atoms with Gasteiger partial charge in [0, 0.05) is 18.5 Å². The smallest absolute Gasteiger partial charge is 0.223 e. The van der Waals surface area contributed by atoms with E-state index in [-0.39, 0.29) is 24.0 Å². The van der Waals surface area contributed by atoms with E-state index in [4.69, 9.17) is 10.5 Å². The normalized spacial score (nSPS) is 26.1. The lowest BCUT2D eigenvalue weighted by atomic mass is 9.78. The van der Waals surface area contributed by atoms with Crippen LogP contribution in [0.3, 0.4) is 0 Å².